The molecule has 106 valence electrons. The number of rotatable bonds is 3. The lowest BCUT2D eigenvalue weighted by molar-refractivity contribution is 0.591. The van der Waals surface area contributed by atoms with E-state index in [2.05, 4.69) is 25.6 Å². The van der Waals surface area contributed by atoms with E-state index in [1.165, 1.54) is 25.3 Å². The average molecular weight is 360 g/mol. The van der Waals surface area contributed by atoms with E-state index >= 15 is 0 Å². The number of aromatic nitrogens is 1. The van der Waals surface area contributed by atoms with Gasteiger partial charge in [-0.2, -0.15) is 0 Å². The van der Waals surface area contributed by atoms with Crippen LogP contribution in [0.5, 0.6) is 0 Å². The van der Waals surface area contributed by atoms with Crippen molar-refractivity contribution in [2.45, 2.75) is 11.8 Å². The molecule has 2 aromatic rings. The summed E-state index contributed by atoms with van der Waals surface area (Å²) >= 11 is 3.13. The van der Waals surface area contributed by atoms with E-state index < -0.39 is 15.8 Å². The van der Waals surface area contributed by atoms with Crippen molar-refractivity contribution in [3.05, 3.63) is 46.4 Å². The van der Waals surface area contributed by atoms with Crippen molar-refractivity contribution < 1.29 is 12.8 Å². The predicted octanol–water partition coefficient (Wildman–Crippen LogP) is 2.67. The van der Waals surface area contributed by atoms with Gasteiger partial charge in [0.2, 0.25) is 0 Å². The fraction of sp³-hybridized carbons (Fsp3) is 0.0833. The highest BCUT2D eigenvalue weighted by molar-refractivity contribution is 9.10. The SMILES string of the molecule is Cc1c(F)cc(N)cc1S(=O)(=O)Nc1cccnc1Br. The second kappa shape index (κ2) is 5.37. The summed E-state index contributed by atoms with van der Waals surface area (Å²) in [5, 5.41) is 0. The molecule has 0 atom stereocenters. The smallest absolute Gasteiger partial charge is 0.262 e. The summed E-state index contributed by atoms with van der Waals surface area (Å²) in [6.07, 6.45) is 1.51. The van der Waals surface area contributed by atoms with Crippen LogP contribution < -0.4 is 10.5 Å². The minimum absolute atomic E-state index is 0.00622. The van der Waals surface area contributed by atoms with E-state index in [1.807, 2.05) is 0 Å². The Bertz CT molecular complexity index is 765. The lowest BCUT2D eigenvalue weighted by Gasteiger charge is -2.12. The van der Waals surface area contributed by atoms with Crippen molar-refractivity contribution in [3.63, 3.8) is 0 Å². The third-order valence-corrected chi connectivity index (χ3v) is 4.74. The maximum atomic E-state index is 13.6. The average Bonchev–Trinajstić information content (AvgIpc) is 2.36. The molecule has 0 aliphatic rings. The summed E-state index contributed by atoms with van der Waals surface area (Å²) in [6.45, 7) is 1.38. The molecule has 1 aromatic heterocycles. The Kier molecular flexibility index (Phi) is 3.96. The van der Waals surface area contributed by atoms with Gasteiger partial charge in [0.1, 0.15) is 10.4 Å². The zero-order valence-electron chi connectivity index (χ0n) is 10.4. The lowest BCUT2D eigenvalue weighted by Crippen LogP contribution is -2.16. The van der Waals surface area contributed by atoms with Crippen molar-refractivity contribution in [2.24, 2.45) is 0 Å². The molecule has 8 heteroatoms. The summed E-state index contributed by atoms with van der Waals surface area (Å²) in [7, 11) is -3.95. The Hall–Kier alpha value is -1.67. The molecular formula is C12H11BrFN3O2S. The molecule has 1 heterocycles. The molecule has 0 aliphatic carbocycles. The second-order valence-corrected chi connectivity index (χ2v) is 6.48. The Balaban J connectivity index is 2.49. The van der Waals surface area contributed by atoms with Crippen molar-refractivity contribution in [1.82, 2.24) is 4.98 Å². The number of hydrogen-bond donors (Lipinski definition) is 2. The van der Waals surface area contributed by atoms with Gasteiger partial charge in [0.25, 0.3) is 10.0 Å². The van der Waals surface area contributed by atoms with Crippen LogP contribution in [0.2, 0.25) is 0 Å². The molecule has 0 fully saturated rings. The first-order valence-corrected chi connectivity index (χ1v) is 7.78. The molecular weight excluding hydrogens is 349 g/mol. The molecule has 0 spiro atoms. The van der Waals surface area contributed by atoms with E-state index in [4.69, 9.17) is 5.73 Å². The molecule has 1 aromatic carbocycles. The number of pyridine rings is 1. The van der Waals surface area contributed by atoms with E-state index in [9.17, 15) is 12.8 Å². The van der Waals surface area contributed by atoms with Crippen LogP contribution in [0.3, 0.4) is 0 Å². The minimum Gasteiger partial charge on any atom is -0.399 e. The fourth-order valence-electron chi connectivity index (χ4n) is 1.61. The van der Waals surface area contributed by atoms with E-state index in [1.54, 1.807) is 6.07 Å². The maximum Gasteiger partial charge on any atom is 0.262 e. The van der Waals surface area contributed by atoms with Gasteiger partial charge in [-0.3, -0.25) is 4.72 Å². The number of nitrogens with zero attached hydrogens (tertiary/aromatic N) is 1. The van der Waals surface area contributed by atoms with Gasteiger partial charge in [-0.15, -0.1) is 0 Å². The summed E-state index contributed by atoms with van der Waals surface area (Å²) < 4.78 is 40.9. The normalized spacial score (nSPS) is 11.3. The summed E-state index contributed by atoms with van der Waals surface area (Å²) in [4.78, 5) is 3.70. The monoisotopic (exact) mass is 359 g/mol. The van der Waals surface area contributed by atoms with E-state index in [0.717, 1.165) is 6.07 Å². The van der Waals surface area contributed by atoms with Crippen LogP contribution in [0.25, 0.3) is 0 Å². The van der Waals surface area contributed by atoms with Crippen LogP contribution in [0, 0.1) is 12.7 Å². The van der Waals surface area contributed by atoms with Gasteiger partial charge >= 0.3 is 0 Å². The highest BCUT2D eigenvalue weighted by atomic mass is 79.9. The quantitative estimate of drug-likeness (QED) is 0.651. The van der Waals surface area contributed by atoms with Gasteiger partial charge in [-0.25, -0.2) is 17.8 Å². The number of hydrogen-bond acceptors (Lipinski definition) is 4. The van der Waals surface area contributed by atoms with Crippen LogP contribution in [-0.2, 0) is 10.0 Å². The lowest BCUT2D eigenvalue weighted by atomic mass is 10.2. The van der Waals surface area contributed by atoms with Crippen molar-refractivity contribution >= 4 is 37.3 Å². The molecule has 0 amide bonds. The number of anilines is 2. The molecule has 2 rings (SSSR count). The molecule has 5 nitrogen and oxygen atoms in total. The van der Waals surface area contributed by atoms with Crippen molar-refractivity contribution in [3.8, 4) is 0 Å². The van der Waals surface area contributed by atoms with Gasteiger partial charge in [-0.05, 0) is 47.1 Å². The molecule has 0 saturated heterocycles. The zero-order chi connectivity index (χ0) is 14.9. The summed E-state index contributed by atoms with van der Waals surface area (Å²) in [5.74, 6) is -0.671. The van der Waals surface area contributed by atoms with Crippen LogP contribution >= 0.6 is 15.9 Å². The van der Waals surface area contributed by atoms with Crippen LogP contribution in [0.1, 0.15) is 5.56 Å². The van der Waals surface area contributed by atoms with Gasteiger partial charge in [-0.1, -0.05) is 0 Å². The predicted molar refractivity (Wildman–Crippen MR) is 78.3 cm³/mol. The topological polar surface area (TPSA) is 85.1 Å². The van der Waals surface area contributed by atoms with E-state index in [-0.39, 0.29) is 21.8 Å². The molecule has 3 N–H and O–H groups in total. The zero-order valence-corrected chi connectivity index (χ0v) is 12.8. The highest BCUT2D eigenvalue weighted by Crippen LogP contribution is 2.26. The molecule has 0 radical (unpaired) electrons. The Labute approximate surface area is 124 Å². The number of sulfonamides is 1. The molecule has 0 bridgehead atoms. The number of nitrogens with two attached hydrogens (primary N) is 1. The van der Waals surface area contributed by atoms with Gasteiger partial charge in [0.15, 0.2) is 0 Å². The van der Waals surface area contributed by atoms with Gasteiger partial charge in [0, 0.05) is 17.4 Å². The van der Waals surface area contributed by atoms with Crippen molar-refractivity contribution in [2.75, 3.05) is 10.5 Å². The number of benzene rings is 1. The third-order valence-electron chi connectivity index (χ3n) is 2.61. The molecule has 20 heavy (non-hydrogen) atoms. The van der Waals surface area contributed by atoms with Crippen molar-refractivity contribution in [1.29, 1.82) is 0 Å². The van der Waals surface area contributed by atoms with Gasteiger partial charge < -0.3 is 5.73 Å². The number of halogens is 2. The second-order valence-electron chi connectivity index (χ2n) is 4.07. The summed E-state index contributed by atoms with van der Waals surface area (Å²) in [5.41, 5.74) is 5.80. The third kappa shape index (κ3) is 2.91. The van der Waals surface area contributed by atoms with E-state index in [0.29, 0.717) is 4.60 Å². The molecule has 0 unspecified atom stereocenters. The maximum absolute atomic E-state index is 13.6. The number of nitrogen functional groups attached to an aromatic ring is 1. The van der Waals surface area contributed by atoms with Crippen LogP contribution in [-0.4, -0.2) is 13.4 Å². The first-order valence-electron chi connectivity index (χ1n) is 5.50. The largest absolute Gasteiger partial charge is 0.399 e. The fourth-order valence-corrected chi connectivity index (χ4v) is 3.45. The molecule has 0 saturated carbocycles. The Morgan fingerprint density at radius 3 is 2.75 bits per heavy atom. The standard InChI is InChI=1S/C12H11BrFN3O2S/c1-7-9(14)5-8(15)6-11(7)20(18,19)17-10-3-2-4-16-12(10)13/h2-6,17H,15H2,1H3. The minimum atomic E-state index is -3.95. The Morgan fingerprint density at radius 2 is 2.10 bits per heavy atom. The van der Waals surface area contributed by atoms with Gasteiger partial charge in [0.05, 0.1) is 10.6 Å². The Morgan fingerprint density at radius 1 is 1.40 bits per heavy atom. The van der Waals surface area contributed by atoms with Crippen LogP contribution in [0.4, 0.5) is 15.8 Å². The summed E-state index contributed by atoms with van der Waals surface area (Å²) in [6, 6.07) is 5.40. The number of nitrogens with one attached hydrogen (secondary N) is 1. The highest BCUT2D eigenvalue weighted by Gasteiger charge is 2.21. The first kappa shape index (κ1) is 14.7. The van der Waals surface area contributed by atoms with Crippen LogP contribution in [0.15, 0.2) is 40.0 Å². The first-order chi connectivity index (χ1) is 9.31. The molecule has 0 aliphatic heterocycles.